The van der Waals surface area contributed by atoms with E-state index in [0.717, 1.165) is 10.0 Å². The number of hydrogen-bond acceptors (Lipinski definition) is 3. The molecular weight excluding hydrogens is 376 g/mol. The molecule has 2 aromatic rings. The fourth-order valence-corrected chi connectivity index (χ4v) is 2.52. The normalized spacial score (nSPS) is 10.1. The number of nitrogens with one attached hydrogen (secondary N) is 3. The van der Waals surface area contributed by atoms with E-state index in [2.05, 4.69) is 32.1 Å². The van der Waals surface area contributed by atoms with E-state index in [1.165, 1.54) is 6.92 Å². The van der Waals surface area contributed by atoms with Crippen molar-refractivity contribution in [1.82, 2.24) is 20.7 Å². The molecule has 1 aromatic heterocycles. The van der Waals surface area contributed by atoms with Gasteiger partial charge in [0.2, 0.25) is 5.91 Å². The fourth-order valence-electron chi connectivity index (χ4n) is 2.00. The highest BCUT2D eigenvalue weighted by molar-refractivity contribution is 9.10. The minimum Gasteiger partial charge on any atom is -0.352 e. The number of benzene rings is 1. The number of aromatic nitrogens is 1. The van der Waals surface area contributed by atoms with E-state index in [4.69, 9.17) is 0 Å². The Morgan fingerprint density at radius 3 is 2.25 bits per heavy atom. The number of amides is 3. The predicted octanol–water partition coefficient (Wildman–Crippen LogP) is 1.50. The molecule has 0 saturated carbocycles. The minimum absolute atomic E-state index is 0.119. The van der Waals surface area contributed by atoms with Gasteiger partial charge in [-0.25, -0.2) is 0 Å². The Kier molecular flexibility index (Phi) is 5.75. The smallest absolute Gasteiger partial charge is 0.286 e. The van der Waals surface area contributed by atoms with Crippen LogP contribution in [0.2, 0.25) is 0 Å². The summed E-state index contributed by atoms with van der Waals surface area (Å²) in [6.45, 7) is 1.84. The number of rotatable bonds is 4. The molecule has 8 heteroatoms. The maximum atomic E-state index is 12.0. The van der Waals surface area contributed by atoms with Gasteiger partial charge >= 0.3 is 0 Å². The van der Waals surface area contributed by atoms with E-state index in [1.54, 1.807) is 48.1 Å². The standard InChI is InChI=1S/C16H17BrN4O3/c1-10(22)18-8-11-3-5-12(6-4-11)15(23)19-20-16(24)14-7-13(17)9-21(14)2/h3-7,9H,8H2,1-2H3,(H,18,22)(H,19,23)(H,20,24). The molecule has 0 bridgehead atoms. The Hall–Kier alpha value is -2.61. The van der Waals surface area contributed by atoms with E-state index in [0.29, 0.717) is 17.8 Å². The first-order valence-electron chi connectivity index (χ1n) is 7.12. The Bertz CT molecular complexity index is 768. The quantitative estimate of drug-likeness (QED) is 0.688. The topological polar surface area (TPSA) is 92.2 Å². The van der Waals surface area contributed by atoms with Crippen LogP contribution in [0.3, 0.4) is 0 Å². The Labute approximate surface area is 147 Å². The van der Waals surface area contributed by atoms with Crippen LogP contribution in [0.1, 0.15) is 33.3 Å². The molecule has 1 heterocycles. The number of nitrogens with zero attached hydrogens (tertiary/aromatic N) is 1. The lowest BCUT2D eigenvalue weighted by molar-refractivity contribution is -0.119. The van der Waals surface area contributed by atoms with Crippen LogP contribution in [-0.2, 0) is 18.4 Å². The summed E-state index contributed by atoms with van der Waals surface area (Å²) in [7, 11) is 1.73. The second-order valence-electron chi connectivity index (χ2n) is 5.17. The summed E-state index contributed by atoms with van der Waals surface area (Å²) >= 11 is 3.28. The molecule has 0 radical (unpaired) electrons. The molecule has 1 aromatic carbocycles. The third-order valence-corrected chi connectivity index (χ3v) is 3.69. The fraction of sp³-hybridized carbons (Fsp3) is 0.188. The van der Waals surface area contributed by atoms with Crippen LogP contribution in [0.25, 0.3) is 0 Å². The van der Waals surface area contributed by atoms with Gasteiger partial charge in [-0.3, -0.25) is 25.2 Å². The highest BCUT2D eigenvalue weighted by Gasteiger charge is 2.12. The first kappa shape index (κ1) is 17.7. The molecule has 24 heavy (non-hydrogen) atoms. The molecule has 0 spiro atoms. The van der Waals surface area contributed by atoms with E-state index in [-0.39, 0.29) is 5.91 Å². The highest BCUT2D eigenvalue weighted by Crippen LogP contribution is 2.13. The van der Waals surface area contributed by atoms with Gasteiger partial charge in [0.05, 0.1) is 0 Å². The van der Waals surface area contributed by atoms with Gasteiger partial charge in [0.1, 0.15) is 5.69 Å². The zero-order valence-electron chi connectivity index (χ0n) is 13.2. The SMILES string of the molecule is CC(=O)NCc1ccc(C(=O)NNC(=O)c2cc(Br)cn2C)cc1. The highest BCUT2D eigenvalue weighted by atomic mass is 79.9. The minimum atomic E-state index is -0.428. The van der Waals surface area contributed by atoms with Crippen molar-refractivity contribution in [2.45, 2.75) is 13.5 Å². The van der Waals surface area contributed by atoms with Crippen LogP contribution >= 0.6 is 15.9 Å². The molecule has 0 aliphatic rings. The molecule has 0 aliphatic heterocycles. The predicted molar refractivity (Wildman–Crippen MR) is 92.0 cm³/mol. The van der Waals surface area contributed by atoms with E-state index >= 15 is 0 Å². The van der Waals surface area contributed by atoms with Crippen LogP contribution in [0.4, 0.5) is 0 Å². The van der Waals surface area contributed by atoms with Gasteiger partial charge in [-0.2, -0.15) is 0 Å². The number of hydrogen-bond donors (Lipinski definition) is 3. The molecule has 0 saturated heterocycles. The third-order valence-electron chi connectivity index (χ3n) is 3.25. The molecule has 0 atom stereocenters. The van der Waals surface area contributed by atoms with Crippen molar-refractivity contribution in [3.05, 3.63) is 57.8 Å². The van der Waals surface area contributed by atoms with Crippen LogP contribution in [0.15, 0.2) is 41.0 Å². The molecule has 3 N–H and O–H groups in total. The van der Waals surface area contributed by atoms with Gasteiger partial charge in [0, 0.05) is 36.7 Å². The van der Waals surface area contributed by atoms with Crippen LogP contribution in [0.5, 0.6) is 0 Å². The summed E-state index contributed by atoms with van der Waals surface area (Å²) in [6, 6.07) is 8.37. The van der Waals surface area contributed by atoms with Gasteiger partial charge in [0.25, 0.3) is 11.8 Å². The number of aryl methyl sites for hydroxylation is 1. The summed E-state index contributed by atoms with van der Waals surface area (Å²) in [5.74, 6) is -0.964. The van der Waals surface area contributed by atoms with Crippen LogP contribution < -0.4 is 16.2 Å². The van der Waals surface area contributed by atoms with Gasteiger partial charge in [-0.05, 0) is 39.7 Å². The molecule has 126 valence electrons. The first-order valence-corrected chi connectivity index (χ1v) is 7.92. The van der Waals surface area contributed by atoms with Crippen molar-refractivity contribution in [2.24, 2.45) is 7.05 Å². The number of carbonyl (C=O) groups excluding carboxylic acids is 3. The maximum absolute atomic E-state index is 12.0. The van der Waals surface area contributed by atoms with E-state index in [1.807, 2.05) is 0 Å². The van der Waals surface area contributed by atoms with Crippen molar-refractivity contribution < 1.29 is 14.4 Å². The lowest BCUT2D eigenvalue weighted by Crippen LogP contribution is -2.42. The number of hydrazine groups is 1. The van der Waals surface area contributed by atoms with Crippen LogP contribution in [0, 0.1) is 0 Å². The zero-order chi connectivity index (χ0) is 17.7. The third kappa shape index (κ3) is 4.69. The van der Waals surface area contributed by atoms with Crippen molar-refractivity contribution >= 4 is 33.7 Å². The molecule has 0 fully saturated rings. The average molecular weight is 393 g/mol. The largest absolute Gasteiger partial charge is 0.352 e. The van der Waals surface area contributed by atoms with E-state index < -0.39 is 11.8 Å². The summed E-state index contributed by atoms with van der Waals surface area (Å²) in [4.78, 5) is 34.9. The van der Waals surface area contributed by atoms with Crippen molar-refractivity contribution in [2.75, 3.05) is 0 Å². The summed E-state index contributed by atoms with van der Waals surface area (Å²) in [6.07, 6.45) is 1.74. The van der Waals surface area contributed by atoms with Crippen molar-refractivity contribution in [3.63, 3.8) is 0 Å². The van der Waals surface area contributed by atoms with Crippen molar-refractivity contribution in [3.8, 4) is 0 Å². The number of carbonyl (C=O) groups is 3. The first-order chi connectivity index (χ1) is 11.4. The molecular formula is C16H17BrN4O3. The monoisotopic (exact) mass is 392 g/mol. The average Bonchev–Trinajstić information content (AvgIpc) is 2.89. The van der Waals surface area contributed by atoms with Gasteiger partial charge in [0.15, 0.2) is 0 Å². The summed E-state index contributed by atoms with van der Waals surface area (Å²) in [5, 5.41) is 2.67. The molecule has 0 aliphatic carbocycles. The Morgan fingerprint density at radius 2 is 1.71 bits per heavy atom. The summed E-state index contributed by atoms with van der Waals surface area (Å²) < 4.78 is 2.42. The molecule has 7 nitrogen and oxygen atoms in total. The van der Waals surface area contributed by atoms with Gasteiger partial charge < -0.3 is 9.88 Å². The number of halogens is 1. The molecule has 0 unspecified atom stereocenters. The van der Waals surface area contributed by atoms with Gasteiger partial charge in [-0.1, -0.05) is 12.1 Å². The van der Waals surface area contributed by atoms with E-state index in [9.17, 15) is 14.4 Å². The Morgan fingerprint density at radius 1 is 1.08 bits per heavy atom. The van der Waals surface area contributed by atoms with Crippen LogP contribution in [-0.4, -0.2) is 22.3 Å². The second-order valence-corrected chi connectivity index (χ2v) is 6.09. The molecule has 2 rings (SSSR count). The van der Waals surface area contributed by atoms with Crippen molar-refractivity contribution in [1.29, 1.82) is 0 Å². The Balaban J connectivity index is 1.91. The zero-order valence-corrected chi connectivity index (χ0v) is 14.8. The lowest BCUT2D eigenvalue weighted by atomic mass is 10.1. The summed E-state index contributed by atoms with van der Waals surface area (Å²) in [5.41, 5.74) is 6.42. The van der Waals surface area contributed by atoms with Gasteiger partial charge in [-0.15, -0.1) is 0 Å². The maximum Gasteiger partial charge on any atom is 0.286 e. The second kappa shape index (κ2) is 7.78. The molecule has 3 amide bonds. The lowest BCUT2D eigenvalue weighted by Gasteiger charge is -2.08.